The van der Waals surface area contributed by atoms with Crippen molar-refractivity contribution in [3.8, 4) is 0 Å². The van der Waals surface area contributed by atoms with Gasteiger partial charge in [-0.05, 0) is 30.3 Å². The molecule has 0 saturated carbocycles. The van der Waals surface area contributed by atoms with Crippen LogP contribution in [0.2, 0.25) is 0 Å². The zero-order valence-corrected chi connectivity index (χ0v) is 14.9. The van der Waals surface area contributed by atoms with Gasteiger partial charge in [-0.3, -0.25) is 29.8 Å². The standard InChI is InChI=1S/C15H12N4O8S/c1-9(20)17-28(26,27)12-5-2-10(3-6-12)16-15(21)13-7-4-11(18(22)23)8-14(13)19(24)25/h2-8H,1H3,(H,16,21)(H,17,20). The van der Waals surface area contributed by atoms with E-state index in [1.807, 2.05) is 0 Å². The van der Waals surface area contributed by atoms with Crippen LogP contribution in [0, 0.1) is 20.2 Å². The van der Waals surface area contributed by atoms with Crippen LogP contribution in [0.1, 0.15) is 17.3 Å². The fourth-order valence-corrected chi connectivity index (χ4v) is 3.13. The summed E-state index contributed by atoms with van der Waals surface area (Å²) in [6.07, 6.45) is 0. The van der Waals surface area contributed by atoms with Gasteiger partial charge in [0.05, 0.1) is 20.8 Å². The number of rotatable bonds is 6. The molecule has 2 aromatic rings. The Labute approximate surface area is 157 Å². The minimum Gasteiger partial charge on any atom is -0.322 e. The van der Waals surface area contributed by atoms with Crippen molar-refractivity contribution in [1.29, 1.82) is 0 Å². The summed E-state index contributed by atoms with van der Waals surface area (Å²) < 4.78 is 25.5. The van der Waals surface area contributed by atoms with Crippen molar-refractivity contribution in [3.63, 3.8) is 0 Å². The molecule has 0 saturated heterocycles. The van der Waals surface area contributed by atoms with Crippen LogP contribution >= 0.6 is 0 Å². The van der Waals surface area contributed by atoms with Crippen LogP contribution in [0.4, 0.5) is 17.1 Å². The number of hydrogen-bond donors (Lipinski definition) is 2. The van der Waals surface area contributed by atoms with Gasteiger partial charge in [0.1, 0.15) is 5.56 Å². The van der Waals surface area contributed by atoms with E-state index >= 15 is 0 Å². The van der Waals surface area contributed by atoms with Gasteiger partial charge in [0.25, 0.3) is 27.3 Å². The van der Waals surface area contributed by atoms with Gasteiger partial charge in [-0.15, -0.1) is 0 Å². The van der Waals surface area contributed by atoms with Gasteiger partial charge in [0.2, 0.25) is 5.91 Å². The molecule has 2 aromatic carbocycles. The Hall–Kier alpha value is -3.87. The number of amides is 2. The van der Waals surface area contributed by atoms with Gasteiger partial charge in [-0.2, -0.15) is 0 Å². The molecule has 0 bridgehead atoms. The zero-order chi connectivity index (χ0) is 21.1. The first-order chi connectivity index (χ1) is 13.0. The second-order valence-electron chi connectivity index (χ2n) is 5.36. The third-order valence-corrected chi connectivity index (χ3v) is 4.78. The van der Waals surface area contributed by atoms with Gasteiger partial charge in [-0.1, -0.05) is 0 Å². The number of nitrogens with zero attached hydrogens (tertiary/aromatic N) is 2. The Morgan fingerprint density at radius 3 is 2.07 bits per heavy atom. The number of hydrogen-bond acceptors (Lipinski definition) is 8. The summed E-state index contributed by atoms with van der Waals surface area (Å²) >= 11 is 0. The van der Waals surface area contributed by atoms with Crippen LogP contribution in [0.5, 0.6) is 0 Å². The topological polar surface area (TPSA) is 179 Å². The van der Waals surface area contributed by atoms with E-state index in [1.165, 1.54) is 12.1 Å². The molecule has 0 heterocycles. The number of sulfonamides is 1. The van der Waals surface area contributed by atoms with E-state index < -0.39 is 48.6 Å². The highest BCUT2D eigenvalue weighted by Gasteiger charge is 2.24. The summed E-state index contributed by atoms with van der Waals surface area (Å²) in [5.41, 5.74) is -1.60. The van der Waals surface area contributed by atoms with Crippen LogP contribution < -0.4 is 10.0 Å². The molecule has 28 heavy (non-hydrogen) atoms. The molecule has 0 aliphatic heterocycles. The lowest BCUT2D eigenvalue weighted by molar-refractivity contribution is -0.394. The second kappa shape index (κ2) is 7.79. The summed E-state index contributed by atoms with van der Waals surface area (Å²) in [5.74, 6) is -1.69. The number of nitrogens with one attached hydrogen (secondary N) is 2. The van der Waals surface area contributed by atoms with Crippen molar-refractivity contribution >= 4 is 38.9 Å². The maximum atomic E-state index is 12.3. The molecular weight excluding hydrogens is 396 g/mol. The minimum atomic E-state index is -4.05. The van der Waals surface area contributed by atoms with E-state index in [0.717, 1.165) is 31.2 Å². The van der Waals surface area contributed by atoms with Crippen LogP contribution in [0.3, 0.4) is 0 Å². The van der Waals surface area contributed by atoms with Crippen molar-refractivity contribution in [2.45, 2.75) is 11.8 Å². The molecular formula is C15H12N4O8S. The number of nitro benzene ring substituents is 2. The summed E-state index contributed by atoms with van der Waals surface area (Å²) in [6.45, 7) is 1.03. The second-order valence-corrected chi connectivity index (χ2v) is 7.04. The number of anilines is 1. The van der Waals surface area contributed by atoms with E-state index in [1.54, 1.807) is 4.72 Å². The molecule has 13 heteroatoms. The third kappa shape index (κ3) is 4.64. The molecule has 2 amide bonds. The van der Waals surface area contributed by atoms with Crippen LogP contribution in [-0.2, 0) is 14.8 Å². The Kier molecular flexibility index (Phi) is 5.69. The van der Waals surface area contributed by atoms with Crippen LogP contribution in [0.15, 0.2) is 47.4 Å². The molecule has 0 spiro atoms. The van der Waals surface area contributed by atoms with Crippen molar-refractivity contribution in [2.75, 3.05) is 5.32 Å². The molecule has 0 atom stereocenters. The van der Waals surface area contributed by atoms with E-state index in [2.05, 4.69) is 5.32 Å². The number of benzene rings is 2. The predicted molar refractivity (Wildman–Crippen MR) is 95.1 cm³/mol. The zero-order valence-electron chi connectivity index (χ0n) is 14.1. The molecule has 0 fully saturated rings. The molecule has 0 aliphatic rings. The largest absolute Gasteiger partial charge is 0.322 e. The lowest BCUT2D eigenvalue weighted by Gasteiger charge is -2.08. The maximum absolute atomic E-state index is 12.3. The number of carbonyl (C=O) groups is 2. The van der Waals surface area contributed by atoms with Crippen LogP contribution in [-0.4, -0.2) is 30.1 Å². The third-order valence-electron chi connectivity index (χ3n) is 3.33. The van der Waals surface area contributed by atoms with Gasteiger partial charge in [0.15, 0.2) is 0 Å². The number of carbonyl (C=O) groups excluding carboxylic acids is 2. The van der Waals surface area contributed by atoms with Gasteiger partial charge >= 0.3 is 0 Å². The lowest BCUT2D eigenvalue weighted by Crippen LogP contribution is -2.28. The van der Waals surface area contributed by atoms with Crippen molar-refractivity contribution in [1.82, 2.24) is 4.72 Å². The summed E-state index contributed by atoms with van der Waals surface area (Å²) in [5, 5.41) is 24.2. The lowest BCUT2D eigenvalue weighted by atomic mass is 10.1. The van der Waals surface area contributed by atoms with Crippen molar-refractivity contribution < 1.29 is 27.9 Å². The highest BCUT2D eigenvalue weighted by atomic mass is 32.2. The molecule has 0 radical (unpaired) electrons. The fourth-order valence-electron chi connectivity index (χ4n) is 2.14. The average molecular weight is 408 g/mol. The Morgan fingerprint density at radius 1 is 0.964 bits per heavy atom. The molecule has 12 nitrogen and oxygen atoms in total. The minimum absolute atomic E-state index is 0.111. The predicted octanol–water partition coefficient (Wildman–Crippen LogP) is 1.58. The molecule has 2 rings (SSSR count). The van der Waals surface area contributed by atoms with Crippen molar-refractivity contribution in [3.05, 3.63) is 68.3 Å². The SMILES string of the molecule is CC(=O)NS(=O)(=O)c1ccc(NC(=O)c2ccc([N+](=O)[O-])cc2[N+](=O)[O-])cc1. The molecule has 146 valence electrons. The fraction of sp³-hybridized carbons (Fsp3) is 0.0667. The quantitative estimate of drug-likeness (QED) is 0.534. The first-order valence-electron chi connectivity index (χ1n) is 7.39. The van der Waals surface area contributed by atoms with E-state index in [9.17, 15) is 38.2 Å². The van der Waals surface area contributed by atoms with Gasteiger partial charge < -0.3 is 5.32 Å². The highest BCUT2D eigenvalue weighted by molar-refractivity contribution is 7.90. The van der Waals surface area contributed by atoms with E-state index in [0.29, 0.717) is 6.07 Å². The summed E-state index contributed by atoms with van der Waals surface area (Å²) in [6, 6.07) is 7.22. The Bertz CT molecular complexity index is 1080. The number of non-ortho nitro benzene ring substituents is 1. The van der Waals surface area contributed by atoms with Crippen molar-refractivity contribution in [2.24, 2.45) is 0 Å². The monoisotopic (exact) mass is 408 g/mol. The van der Waals surface area contributed by atoms with Crippen LogP contribution in [0.25, 0.3) is 0 Å². The highest BCUT2D eigenvalue weighted by Crippen LogP contribution is 2.25. The van der Waals surface area contributed by atoms with E-state index in [-0.39, 0.29) is 10.6 Å². The first-order valence-corrected chi connectivity index (χ1v) is 8.87. The first kappa shape index (κ1) is 20.4. The molecule has 2 N–H and O–H groups in total. The van der Waals surface area contributed by atoms with Gasteiger partial charge in [-0.25, -0.2) is 13.1 Å². The maximum Gasteiger partial charge on any atom is 0.289 e. The smallest absolute Gasteiger partial charge is 0.289 e. The molecule has 0 unspecified atom stereocenters. The Morgan fingerprint density at radius 2 is 1.57 bits per heavy atom. The number of nitro groups is 2. The summed E-state index contributed by atoms with van der Waals surface area (Å²) in [7, 11) is -4.05. The molecule has 0 aliphatic carbocycles. The molecule has 0 aromatic heterocycles. The summed E-state index contributed by atoms with van der Waals surface area (Å²) in [4.78, 5) is 43.0. The average Bonchev–Trinajstić information content (AvgIpc) is 2.60. The normalized spacial score (nSPS) is 10.8. The Balaban J connectivity index is 2.27. The van der Waals surface area contributed by atoms with Gasteiger partial charge in [0, 0.05) is 18.7 Å². The van der Waals surface area contributed by atoms with E-state index in [4.69, 9.17) is 0 Å².